The molecule has 0 aliphatic rings. The molecule has 0 bridgehead atoms. The van der Waals surface area contributed by atoms with Crippen LogP contribution in [0.15, 0.2) is 138 Å². The molecule has 6 aromatic carbocycles. The van der Waals surface area contributed by atoms with Gasteiger partial charge in [0.1, 0.15) is 5.52 Å². The van der Waals surface area contributed by atoms with Gasteiger partial charge in [-0.2, -0.15) is 0 Å². The molecule has 9 aromatic rings. The van der Waals surface area contributed by atoms with Crippen molar-refractivity contribution in [2.45, 2.75) is 0 Å². The lowest BCUT2D eigenvalue weighted by Gasteiger charge is -2.08. The summed E-state index contributed by atoms with van der Waals surface area (Å²) in [5.41, 5.74) is 8.55. The van der Waals surface area contributed by atoms with Gasteiger partial charge >= 0.3 is 0 Å². The zero-order chi connectivity index (χ0) is 26.9. The molecule has 0 unspecified atom stereocenters. The van der Waals surface area contributed by atoms with Crippen molar-refractivity contribution < 1.29 is 4.42 Å². The Morgan fingerprint density at radius 1 is 0.585 bits per heavy atom. The van der Waals surface area contributed by atoms with Gasteiger partial charge in [0.25, 0.3) is 0 Å². The summed E-state index contributed by atoms with van der Waals surface area (Å²) in [5, 5.41) is 4.90. The van der Waals surface area contributed by atoms with Crippen LogP contribution < -0.4 is 0 Å². The molecule has 0 amide bonds. The van der Waals surface area contributed by atoms with Gasteiger partial charge in [0.15, 0.2) is 5.58 Å². The van der Waals surface area contributed by atoms with E-state index in [1.807, 2.05) is 11.3 Å². The molecule has 41 heavy (non-hydrogen) atoms. The van der Waals surface area contributed by atoms with E-state index in [2.05, 4.69) is 138 Å². The number of aromatic nitrogens is 2. The summed E-state index contributed by atoms with van der Waals surface area (Å²) in [6.07, 6.45) is 0. The molecule has 9 rings (SSSR count). The first-order valence-corrected chi connectivity index (χ1v) is 14.5. The first-order valence-electron chi connectivity index (χ1n) is 13.7. The summed E-state index contributed by atoms with van der Waals surface area (Å²) < 4.78 is 11.3. The largest absolute Gasteiger partial charge is 0.436 e. The minimum absolute atomic E-state index is 0.635. The van der Waals surface area contributed by atoms with E-state index in [-0.39, 0.29) is 0 Å². The second kappa shape index (κ2) is 8.65. The molecule has 0 aliphatic carbocycles. The predicted octanol–water partition coefficient (Wildman–Crippen LogP) is 10.6. The average molecular weight is 543 g/mol. The van der Waals surface area contributed by atoms with E-state index in [0.717, 1.165) is 22.4 Å². The van der Waals surface area contributed by atoms with E-state index >= 15 is 0 Å². The van der Waals surface area contributed by atoms with Crippen LogP contribution in [0, 0.1) is 0 Å². The van der Waals surface area contributed by atoms with Crippen LogP contribution in [0.2, 0.25) is 0 Å². The molecule has 0 atom stereocenters. The van der Waals surface area contributed by atoms with Gasteiger partial charge in [-0.15, -0.1) is 11.3 Å². The van der Waals surface area contributed by atoms with Gasteiger partial charge in [-0.25, -0.2) is 4.98 Å². The van der Waals surface area contributed by atoms with Crippen molar-refractivity contribution in [3.05, 3.63) is 133 Å². The third-order valence-corrected chi connectivity index (χ3v) is 9.25. The maximum absolute atomic E-state index is 6.50. The Labute approximate surface area is 239 Å². The van der Waals surface area contributed by atoms with Crippen LogP contribution in [0.4, 0.5) is 0 Å². The average Bonchev–Trinajstić information content (AvgIpc) is 3.73. The van der Waals surface area contributed by atoms with E-state index in [0.29, 0.717) is 5.89 Å². The van der Waals surface area contributed by atoms with Crippen molar-refractivity contribution in [3.63, 3.8) is 0 Å². The van der Waals surface area contributed by atoms with Crippen LogP contribution in [0.1, 0.15) is 0 Å². The van der Waals surface area contributed by atoms with Crippen LogP contribution in [0.5, 0.6) is 0 Å². The van der Waals surface area contributed by atoms with Crippen LogP contribution in [0.3, 0.4) is 0 Å². The van der Waals surface area contributed by atoms with Crippen LogP contribution >= 0.6 is 11.3 Å². The van der Waals surface area contributed by atoms with Gasteiger partial charge in [0, 0.05) is 47.8 Å². The first kappa shape index (κ1) is 22.6. The lowest BCUT2D eigenvalue weighted by Crippen LogP contribution is -1.93. The molecule has 0 fully saturated rings. The summed E-state index contributed by atoms with van der Waals surface area (Å²) in [5.74, 6) is 0.635. The van der Waals surface area contributed by atoms with Crippen molar-refractivity contribution in [1.82, 2.24) is 9.55 Å². The number of hydrogen-bond acceptors (Lipinski definition) is 3. The smallest absolute Gasteiger partial charge is 0.227 e. The normalized spacial score (nSPS) is 11.9. The number of oxazole rings is 1. The van der Waals surface area contributed by atoms with Gasteiger partial charge < -0.3 is 8.98 Å². The molecular weight excluding hydrogens is 520 g/mol. The van der Waals surface area contributed by atoms with E-state index in [1.54, 1.807) is 0 Å². The number of nitrogens with zero attached hydrogens (tertiary/aromatic N) is 2. The standard InChI is InChI=1S/C37H22N2OS/c1-2-10-23(11-3-1)29-22-32-35(34-28-14-6-9-17-33(28)41-36(29)34)38-37(40-32)24-18-20-25(21-19-24)39-30-15-7-4-12-26(30)27-13-5-8-16-31(27)39/h1-22H. The third kappa shape index (κ3) is 3.35. The predicted molar refractivity (Wildman–Crippen MR) is 172 cm³/mol. The summed E-state index contributed by atoms with van der Waals surface area (Å²) in [4.78, 5) is 5.09. The maximum atomic E-state index is 6.50. The molecule has 0 N–H and O–H groups in total. The van der Waals surface area contributed by atoms with Crippen molar-refractivity contribution in [2.75, 3.05) is 0 Å². The van der Waals surface area contributed by atoms with E-state index < -0.39 is 0 Å². The highest BCUT2D eigenvalue weighted by atomic mass is 32.1. The molecule has 3 nitrogen and oxygen atoms in total. The minimum atomic E-state index is 0.635. The van der Waals surface area contributed by atoms with Crippen LogP contribution in [-0.4, -0.2) is 9.55 Å². The van der Waals surface area contributed by atoms with Gasteiger partial charge in [-0.05, 0) is 54.1 Å². The zero-order valence-electron chi connectivity index (χ0n) is 21.9. The number of rotatable bonds is 3. The second-order valence-corrected chi connectivity index (χ2v) is 11.4. The molecule has 3 aromatic heterocycles. The summed E-state index contributed by atoms with van der Waals surface area (Å²) in [7, 11) is 0. The number of benzene rings is 6. The summed E-state index contributed by atoms with van der Waals surface area (Å²) >= 11 is 1.82. The fourth-order valence-electron chi connectivity index (χ4n) is 6.19. The Hall–Kier alpha value is -5.19. The van der Waals surface area contributed by atoms with Crippen LogP contribution in [0.25, 0.3) is 81.3 Å². The highest BCUT2D eigenvalue weighted by Crippen LogP contribution is 2.44. The number of hydrogen-bond donors (Lipinski definition) is 0. The van der Waals surface area contributed by atoms with Crippen LogP contribution in [-0.2, 0) is 0 Å². The SMILES string of the molecule is c1ccc(-c2cc3oc(-c4ccc(-n5c6ccccc6c6ccccc65)cc4)nc3c3c2sc2ccccc23)cc1. The van der Waals surface area contributed by atoms with E-state index in [4.69, 9.17) is 9.40 Å². The molecule has 0 saturated heterocycles. The van der Waals surface area contributed by atoms with Crippen molar-refractivity contribution in [2.24, 2.45) is 0 Å². The Morgan fingerprint density at radius 3 is 1.95 bits per heavy atom. The number of fused-ring (bicyclic) bond motifs is 8. The van der Waals surface area contributed by atoms with Gasteiger partial charge in [-0.3, -0.25) is 0 Å². The highest BCUT2D eigenvalue weighted by Gasteiger charge is 2.19. The van der Waals surface area contributed by atoms with Gasteiger partial charge in [-0.1, -0.05) is 84.9 Å². The zero-order valence-corrected chi connectivity index (χ0v) is 22.7. The van der Waals surface area contributed by atoms with E-state index in [9.17, 15) is 0 Å². The maximum Gasteiger partial charge on any atom is 0.227 e. The molecule has 192 valence electrons. The second-order valence-electron chi connectivity index (χ2n) is 10.4. The minimum Gasteiger partial charge on any atom is -0.436 e. The Morgan fingerprint density at radius 2 is 1.22 bits per heavy atom. The lowest BCUT2D eigenvalue weighted by atomic mass is 10.0. The monoisotopic (exact) mass is 542 g/mol. The molecule has 0 radical (unpaired) electrons. The summed E-state index contributed by atoms with van der Waals surface area (Å²) in [6.45, 7) is 0. The molecule has 0 spiro atoms. The molecule has 3 heterocycles. The fraction of sp³-hybridized carbons (Fsp3) is 0. The Kier molecular flexibility index (Phi) is 4.77. The molecule has 0 aliphatic heterocycles. The first-order chi connectivity index (χ1) is 20.3. The van der Waals surface area contributed by atoms with Crippen molar-refractivity contribution >= 4 is 64.4 Å². The third-order valence-electron chi connectivity index (χ3n) is 8.04. The van der Waals surface area contributed by atoms with Crippen molar-refractivity contribution in [1.29, 1.82) is 0 Å². The molecule has 4 heteroatoms. The fourth-order valence-corrected chi connectivity index (χ4v) is 7.43. The quantitative estimate of drug-likeness (QED) is 0.222. The van der Waals surface area contributed by atoms with E-state index in [1.165, 1.54) is 53.1 Å². The topological polar surface area (TPSA) is 31.0 Å². The van der Waals surface area contributed by atoms with Crippen molar-refractivity contribution in [3.8, 4) is 28.3 Å². The van der Waals surface area contributed by atoms with Gasteiger partial charge in [0.2, 0.25) is 5.89 Å². The Balaban J connectivity index is 1.23. The Bertz CT molecular complexity index is 2360. The highest BCUT2D eigenvalue weighted by molar-refractivity contribution is 7.26. The lowest BCUT2D eigenvalue weighted by molar-refractivity contribution is 0.620. The van der Waals surface area contributed by atoms with Gasteiger partial charge in [0.05, 0.1) is 11.0 Å². The number of para-hydroxylation sites is 2. The molecule has 0 saturated carbocycles. The number of thiophene rings is 1. The molecular formula is C37H22N2OS. The summed E-state index contributed by atoms with van der Waals surface area (Å²) in [6, 6.07) is 47.0.